The molecule has 6 atom stereocenters. The molecule has 0 aliphatic heterocycles. The molecule has 17 nitrogen and oxygen atoms in total. The van der Waals surface area contributed by atoms with Crippen LogP contribution in [0.25, 0.3) is 0 Å². The molecule has 19 heteroatoms. The second-order valence-electron chi connectivity index (χ2n) is 28.6. The fourth-order valence-electron chi connectivity index (χ4n) is 11.6. The first-order valence-corrected chi connectivity index (χ1v) is 42.4. The van der Waals surface area contributed by atoms with Crippen LogP contribution < -0.4 is 0 Å². The lowest BCUT2D eigenvalue weighted by molar-refractivity contribution is -0.161. The Kier molecular flexibility index (Phi) is 65.2. The van der Waals surface area contributed by atoms with Gasteiger partial charge in [-0.25, -0.2) is 9.13 Å². The molecule has 95 heavy (non-hydrogen) atoms. The van der Waals surface area contributed by atoms with E-state index in [-0.39, 0.29) is 25.7 Å². The highest BCUT2D eigenvalue weighted by atomic mass is 31.2. The van der Waals surface area contributed by atoms with Gasteiger partial charge in [0.1, 0.15) is 19.3 Å². The lowest BCUT2D eigenvalue weighted by Crippen LogP contribution is -2.30. The van der Waals surface area contributed by atoms with Crippen LogP contribution in [0.5, 0.6) is 0 Å². The van der Waals surface area contributed by atoms with E-state index in [1.54, 1.807) is 0 Å². The Labute approximate surface area is 581 Å². The number of hydrogen-bond donors (Lipinski definition) is 3. The van der Waals surface area contributed by atoms with Gasteiger partial charge >= 0.3 is 39.5 Å². The number of unbranched alkanes of at least 4 members (excludes halogenated alkanes) is 41. The number of aliphatic hydroxyl groups is 1. The van der Waals surface area contributed by atoms with Gasteiger partial charge in [-0.15, -0.1) is 0 Å². The first-order chi connectivity index (χ1) is 45.8. The number of rotatable bonds is 74. The lowest BCUT2D eigenvalue weighted by atomic mass is 9.99. The molecule has 0 saturated carbocycles. The molecule has 0 aromatic carbocycles. The monoisotopic (exact) mass is 1400 g/mol. The Bertz CT molecular complexity index is 1850. The maximum Gasteiger partial charge on any atom is 0.472 e. The largest absolute Gasteiger partial charge is 0.472 e. The molecule has 0 spiro atoms. The molecule has 0 saturated heterocycles. The third kappa shape index (κ3) is 69.0. The Balaban J connectivity index is 5.25. The van der Waals surface area contributed by atoms with Crippen LogP contribution in [0.4, 0.5) is 0 Å². The van der Waals surface area contributed by atoms with Gasteiger partial charge in [0.2, 0.25) is 0 Å². The summed E-state index contributed by atoms with van der Waals surface area (Å²) in [5, 5.41) is 10.6. The van der Waals surface area contributed by atoms with Gasteiger partial charge in [0, 0.05) is 25.7 Å². The van der Waals surface area contributed by atoms with E-state index >= 15 is 0 Å². The molecule has 0 amide bonds. The van der Waals surface area contributed by atoms with Crippen LogP contribution in [0.15, 0.2) is 0 Å². The number of esters is 4. The standard InChI is InChI=1S/C76H148O17P2/c1-8-10-11-12-13-14-15-18-22-29-36-43-50-57-73(78)86-63-71(92-75(80)59-52-45-38-30-23-20-17-16-19-21-28-35-42-49-56-69(7)9-2)65-90-94(82,83)88-61-70(77)62-89-95(84,85)91-66-72(93-76(81)60-53-46-39-32-25-27-34-41-48-55-68(5)6)64-87-74(79)58-51-44-37-31-24-26-33-40-47-54-67(3)4/h67-72,77H,8-66H2,1-7H3,(H,82,83)(H,84,85)/t69?,70-,71-,72-/m1/s1. The van der Waals surface area contributed by atoms with Gasteiger partial charge in [0.05, 0.1) is 26.4 Å². The number of ether oxygens (including phenoxy) is 4. The summed E-state index contributed by atoms with van der Waals surface area (Å²) in [6.45, 7) is 11.9. The number of phosphoric ester groups is 2. The van der Waals surface area contributed by atoms with Crippen molar-refractivity contribution in [1.29, 1.82) is 0 Å². The summed E-state index contributed by atoms with van der Waals surface area (Å²) >= 11 is 0. The molecule has 0 aromatic rings. The van der Waals surface area contributed by atoms with E-state index in [0.29, 0.717) is 25.7 Å². The van der Waals surface area contributed by atoms with Crippen molar-refractivity contribution in [3.63, 3.8) is 0 Å². The van der Waals surface area contributed by atoms with Gasteiger partial charge < -0.3 is 33.8 Å². The summed E-state index contributed by atoms with van der Waals surface area (Å²) in [4.78, 5) is 72.8. The average molecular weight is 1400 g/mol. The minimum Gasteiger partial charge on any atom is -0.462 e. The van der Waals surface area contributed by atoms with E-state index in [0.717, 1.165) is 108 Å². The van der Waals surface area contributed by atoms with Crippen molar-refractivity contribution in [3.8, 4) is 0 Å². The van der Waals surface area contributed by atoms with Crippen LogP contribution in [0.2, 0.25) is 0 Å². The lowest BCUT2D eigenvalue weighted by Gasteiger charge is -2.21. The van der Waals surface area contributed by atoms with Crippen molar-refractivity contribution in [1.82, 2.24) is 0 Å². The number of phosphoric acid groups is 2. The summed E-state index contributed by atoms with van der Waals surface area (Å²) in [5.41, 5.74) is 0. The predicted molar refractivity (Wildman–Crippen MR) is 386 cm³/mol. The van der Waals surface area contributed by atoms with E-state index in [1.807, 2.05) is 0 Å². The summed E-state index contributed by atoms with van der Waals surface area (Å²) < 4.78 is 68.5. The van der Waals surface area contributed by atoms with Gasteiger partial charge in [0.25, 0.3) is 0 Å². The highest BCUT2D eigenvalue weighted by Crippen LogP contribution is 2.45. The highest BCUT2D eigenvalue weighted by molar-refractivity contribution is 7.47. The Hall–Kier alpha value is -1.94. The zero-order chi connectivity index (χ0) is 70.1. The second kappa shape index (κ2) is 66.6. The number of carbonyl (C=O) groups is 4. The average Bonchev–Trinajstić information content (AvgIpc) is 2.17. The molecular weight excluding hydrogens is 1250 g/mol. The SMILES string of the molecule is CCCCCCCCCCCCCCCC(=O)OC[C@H](COP(=O)(O)OC[C@@H](O)COP(=O)(O)OC[C@@H](COC(=O)CCCCCCCCCCCC(C)C)OC(=O)CCCCCCCCCCCC(C)C)OC(=O)CCCCCCCCCCCCCCCCC(C)CC. The van der Waals surface area contributed by atoms with E-state index in [4.69, 9.17) is 37.0 Å². The third-order valence-corrected chi connectivity index (χ3v) is 19.9. The van der Waals surface area contributed by atoms with Crippen molar-refractivity contribution in [2.45, 2.75) is 407 Å². The topological polar surface area (TPSA) is 237 Å². The van der Waals surface area contributed by atoms with Gasteiger partial charge in [-0.05, 0) is 43.4 Å². The maximum absolute atomic E-state index is 13.1. The van der Waals surface area contributed by atoms with Crippen LogP contribution in [-0.4, -0.2) is 96.7 Å². The van der Waals surface area contributed by atoms with Crippen LogP contribution in [-0.2, 0) is 65.4 Å². The quantitative estimate of drug-likeness (QED) is 0.0222. The molecule has 3 N–H and O–H groups in total. The molecule has 0 fully saturated rings. The molecule has 0 aliphatic carbocycles. The predicted octanol–water partition coefficient (Wildman–Crippen LogP) is 22.2. The number of aliphatic hydroxyl groups excluding tert-OH is 1. The zero-order valence-corrected chi connectivity index (χ0v) is 63.9. The van der Waals surface area contributed by atoms with Gasteiger partial charge in [-0.2, -0.15) is 0 Å². The first kappa shape index (κ1) is 93.1. The van der Waals surface area contributed by atoms with Crippen LogP contribution >= 0.6 is 15.6 Å². The normalized spacial score (nSPS) is 14.4. The Morgan fingerprint density at radius 3 is 0.800 bits per heavy atom. The second-order valence-corrected chi connectivity index (χ2v) is 31.5. The molecule has 0 bridgehead atoms. The van der Waals surface area contributed by atoms with Crippen molar-refractivity contribution >= 4 is 39.5 Å². The van der Waals surface area contributed by atoms with E-state index in [1.165, 1.54) is 199 Å². The molecule has 0 rings (SSSR count). The third-order valence-electron chi connectivity index (χ3n) is 18.0. The molecule has 0 heterocycles. The number of carbonyl (C=O) groups excluding carboxylic acids is 4. The van der Waals surface area contributed by atoms with Crippen molar-refractivity contribution in [2.75, 3.05) is 39.6 Å². The highest BCUT2D eigenvalue weighted by Gasteiger charge is 2.30. The first-order valence-electron chi connectivity index (χ1n) is 39.4. The summed E-state index contributed by atoms with van der Waals surface area (Å²) in [6, 6.07) is 0. The fraction of sp³-hybridized carbons (Fsp3) is 0.947. The van der Waals surface area contributed by atoms with Gasteiger partial charge in [-0.1, -0.05) is 337 Å². The van der Waals surface area contributed by atoms with Crippen LogP contribution in [0, 0.1) is 17.8 Å². The molecule has 564 valence electrons. The molecular formula is C76H148O17P2. The van der Waals surface area contributed by atoms with Crippen molar-refractivity contribution in [2.24, 2.45) is 17.8 Å². The zero-order valence-electron chi connectivity index (χ0n) is 62.1. The van der Waals surface area contributed by atoms with Crippen LogP contribution in [0.1, 0.15) is 389 Å². The van der Waals surface area contributed by atoms with E-state index < -0.39 is 97.5 Å². The molecule has 0 radical (unpaired) electrons. The Morgan fingerprint density at radius 1 is 0.305 bits per heavy atom. The molecule has 3 unspecified atom stereocenters. The smallest absolute Gasteiger partial charge is 0.462 e. The summed E-state index contributed by atoms with van der Waals surface area (Å²) in [6.07, 6.45) is 52.6. The minimum absolute atomic E-state index is 0.105. The van der Waals surface area contributed by atoms with Crippen LogP contribution in [0.3, 0.4) is 0 Å². The van der Waals surface area contributed by atoms with E-state index in [2.05, 4.69) is 48.5 Å². The maximum atomic E-state index is 13.1. The number of hydrogen-bond acceptors (Lipinski definition) is 15. The summed E-state index contributed by atoms with van der Waals surface area (Å²) in [5.74, 6) is 0.209. The minimum atomic E-state index is -4.96. The Morgan fingerprint density at radius 2 is 0.537 bits per heavy atom. The van der Waals surface area contributed by atoms with E-state index in [9.17, 15) is 43.2 Å². The molecule has 0 aliphatic rings. The molecule has 0 aromatic heterocycles. The summed E-state index contributed by atoms with van der Waals surface area (Å²) in [7, 11) is -9.91. The van der Waals surface area contributed by atoms with Crippen molar-refractivity contribution < 1.29 is 80.2 Å². The van der Waals surface area contributed by atoms with Crippen molar-refractivity contribution in [3.05, 3.63) is 0 Å². The van der Waals surface area contributed by atoms with Gasteiger partial charge in [-0.3, -0.25) is 37.3 Å². The van der Waals surface area contributed by atoms with Gasteiger partial charge in [0.15, 0.2) is 12.2 Å². The fourth-order valence-corrected chi connectivity index (χ4v) is 13.1.